The first-order chi connectivity index (χ1) is 13.7. The van der Waals surface area contributed by atoms with Crippen molar-refractivity contribution in [1.82, 2.24) is 16.0 Å². The van der Waals surface area contributed by atoms with Crippen molar-refractivity contribution in [3.63, 3.8) is 0 Å². The van der Waals surface area contributed by atoms with E-state index in [1.54, 1.807) is 38.4 Å². The fourth-order valence-electron chi connectivity index (χ4n) is 3.00. The molecular formula is C21H26N4O3. The van der Waals surface area contributed by atoms with Gasteiger partial charge in [-0.3, -0.25) is 9.79 Å². The summed E-state index contributed by atoms with van der Waals surface area (Å²) in [4.78, 5) is 16.3. The van der Waals surface area contributed by atoms with Crippen molar-refractivity contribution in [3.8, 4) is 11.5 Å². The molecule has 0 fully saturated rings. The van der Waals surface area contributed by atoms with E-state index >= 15 is 0 Å². The number of fused-ring (bicyclic) bond motifs is 1. The highest BCUT2D eigenvalue weighted by Crippen LogP contribution is 2.27. The van der Waals surface area contributed by atoms with Crippen LogP contribution in [0.3, 0.4) is 0 Å². The van der Waals surface area contributed by atoms with Gasteiger partial charge in [0.15, 0.2) is 5.96 Å². The summed E-state index contributed by atoms with van der Waals surface area (Å²) < 4.78 is 11.0. The third-order valence-electron chi connectivity index (χ3n) is 4.49. The van der Waals surface area contributed by atoms with Crippen molar-refractivity contribution in [1.29, 1.82) is 0 Å². The number of nitrogens with zero attached hydrogens (tertiary/aromatic N) is 1. The van der Waals surface area contributed by atoms with Gasteiger partial charge in [0, 0.05) is 32.1 Å². The summed E-state index contributed by atoms with van der Waals surface area (Å²) in [5.41, 5.74) is 1.83. The zero-order valence-corrected chi connectivity index (χ0v) is 16.2. The van der Waals surface area contributed by atoms with E-state index in [0.717, 1.165) is 17.9 Å². The summed E-state index contributed by atoms with van der Waals surface area (Å²) in [5.74, 6) is 2.24. The maximum Gasteiger partial charge on any atom is 0.251 e. The van der Waals surface area contributed by atoms with Gasteiger partial charge in [0.05, 0.1) is 13.7 Å². The molecule has 7 heteroatoms. The second-order valence-corrected chi connectivity index (χ2v) is 6.42. The summed E-state index contributed by atoms with van der Waals surface area (Å²) in [5, 5.41) is 9.33. The van der Waals surface area contributed by atoms with Crippen molar-refractivity contribution in [2.75, 3.05) is 33.8 Å². The van der Waals surface area contributed by atoms with Crippen molar-refractivity contribution in [2.24, 2.45) is 4.99 Å². The molecule has 0 bridgehead atoms. The standard InChI is InChI=1S/C21H26N4O3/c1-22-21(25-14-18-13-16-5-3-4-6-19(16)28-18)24-12-11-23-20(26)15-7-9-17(27-2)10-8-15/h3-10,18H,11-14H2,1-2H3,(H,23,26)(H2,22,24,25). The Bertz CT molecular complexity index is 796. The lowest BCUT2D eigenvalue weighted by Gasteiger charge is -2.15. The molecule has 1 aliphatic rings. The molecule has 1 heterocycles. The van der Waals surface area contributed by atoms with Crippen LogP contribution in [0.25, 0.3) is 0 Å². The third-order valence-corrected chi connectivity index (χ3v) is 4.49. The molecule has 0 spiro atoms. The van der Waals surface area contributed by atoms with E-state index in [-0.39, 0.29) is 12.0 Å². The summed E-state index contributed by atoms with van der Waals surface area (Å²) in [7, 11) is 3.31. The highest BCUT2D eigenvalue weighted by atomic mass is 16.5. The van der Waals surface area contributed by atoms with Crippen LogP contribution in [0, 0.1) is 0 Å². The first-order valence-electron chi connectivity index (χ1n) is 9.31. The number of nitrogens with one attached hydrogen (secondary N) is 3. The molecule has 1 aliphatic heterocycles. The highest BCUT2D eigenvalue weighted by Gasteiger charge is 2.22. The van der Waals surface area contributed by atoms with E-state index in [2.05, 4.69) is 27.0 Å². The normalized spacial score (nSPS) is 15.4. The Kier molecular flexibility index (Phi) is 6.73. The largest absolute Gasteiger partial charge is 0.497 e. The Balaban J connectivity index is 1.35. The second-order valence-electron chi connectivity index (χ2n) is 6.42. The van der Waals surface area contributed by atoms with Crippen molar-refractivity contribution in [2.45, 2.75) is 12.5 Å². The lowest BCUT2D eigenvalue weighted by atomic mass is 10.1. The topological polar surface area (TPSA) is 84.0 Å². The van der Waals surface area contributed by atoms with Crippen LogP contribution in [-0.4, -0.2) is 51.8 Å². The van der Waals surface area contributed by atoms with Crippen LogP contribution in [0.15, 0.2) is 53.5 Å². The summed E-state index contributed by atoms with van der Waals surface area (Å²) in [6.07, 6.45) is 0.976. The van der Waals surface area contributed by atoms with E-state index in [1.807, 2.05) is 18.2 Å². The summed E-state index contributed by atoms with van der Waals surface area (Å²) in [6.45, 7) is 1.71. The van der Waals surface area contributed by atoms with Crippen LogP contribution in [0.5, 0.6) is 11.5 Å². The van der Waals surface area contributed by atoms with Gasteiger partial charge in [-0.2, -0.15) is 0 Å². The quantitative estimate of drug-likeness (QED) is 0.385. The number of benzene rings is 2. The molecule has 2 aromatic rings. The number of guanidine groups is 1. The molecule has 0 saturated carbocycles. The molecule has 3 N–H and O–H groups in total. The smallest absolute Gasteiger partial charge is 0.251 e. The molecule has 3 rings (SSSR count). The van der Waals surface area contributed by atoms with Gasteiger partial charge in [0.2, 0.25) is 0 Å². The van der Waals surface area contributed by atoms with Crippen LogP contribution in [0.2, 0.25) is 0 Å². The number of hydrogen-bond acceptors (Lipinski definition) is 4. The van der Waals surface area contributed by atoms with E-state index in [9.17, 15) is 4.79 Å². The van der Waals surface area contributed by atoms with Crippen molar-refractivity contribution >= 4 is 11.9 Å². The molecule has 1 amide bonds. The number of hydrogen-bond donors (Lipinski definition) is 3. The Labute approximate surface area is 165 Å². The van der Waals surface area contributed by atoms with E-state index < -0.39 is 0 Å². The van der Waals surface area contributed by atoms with Crippen LogP contribution >= 0.6 is 0 Å². The average molecular weight is 382 g/mol. The molecule has 1 atom stereocenters. The predicted octanol–water partition coefficient (Wildman–Crippen LogP) is 1.59. The molecule has 1 unspecified atom stereocenters. The molecule has 0 aromatic heterocycles. The molecule has 0 radical (unpaired) electrons. The van der Waals surface area contributed by atoms with Crippen LogP contribution in [-0.2, 0) is 6.42 Å². The van der Waals surface area contributed by atoms with Crippen LogP contribution in [0.4, 0.5) is 0 Å². The fourth-order valence-corrected chi connectivity index (χ4v) is 3.00. The lowest BCUT2D eigenvalue weighted by molar-refractivity contribution is 0.0954. The van der Waals surface area contributed by atoms with Gasteiger partial charge in [-0.25, -0.2) is 0 Å². The number of amides is 1. The molecule has 7 nitrogen and oxygen atoms in total. The summed E-state index contributed by atoms with van der Waals surface area (Å²) in [6, 6.07) is 15.1. The zero-order valence-electron chi connectivity index (χ0n) is 16.2. The van der Waals surface area contributed by atoms with Crippen molar-refractivity contribution < 1.29 is 14.3 Å². The van der Waals surface area contributed by atoms with E-state index in [0.29, 0.717) is 31.2 Å². The second kappa shape index (κ2) is 9.64. The Morgan fingerprint density at radius 2 is 1.86 bits per heavy atom. The van der Waals surface area contributed by atoms with Gasteiger partial charge in [-0.05, 0) is 35.9 Å². The number of rotatable bonds is 7. The Morgan fingerprint density at radius 3 is 2.57 bits per heavy atom. The average Bonchev–Trinajstić information content (AvgIpc) is 3.16. The number of ether oxygens (including phenoxy) is 2. The molecule has 2 aromatic carbocycles. The minimum atomic E-state index is -0.121. The van der Waals surface area contributed by atoms with Gasteiger partial charge >= 0.3 is 0 Å². The van der Waals surface area contributed by atoms with Crippen molar-refractivity contribution in [3.05, 3.63) is 59.7 Å². The number of aliphatic imine (C=N–C) groups is 1. The van der Waals surface area contributed by atoms with Gasteiger partial charge in [0.25, 0.3) is 5.91 Å². The van der Waals surface area contributed by atoms with Gasteiger partial charge in [-0.15, -0.1) is 0 Å². The maximum atomic E-state index is 12.1. The van der Waals surface area contributed by atoms with Crippen LogP contribution in [0.1, 0.15) is 15.9 Å². The zero-order chi connectivity index (χ0) is 19.8. The molecule has 0 saturated heterocycles. The fraction of sp³-hybridized carbons (Fsp3) is 0.333. The molecular weight excluding hydrogens is 356 g/mol. The molecule has 28 heavy (non-hydrogen) atoms. The Morgan fingerprint density at radius 1 is 1.11 bits per heavy atom. The SMILES string of the molecule is CN=C(NCCNC(=O)c1ccc(OC)cc1)NCC1Cc2ccccc2O1. The van der Waals surface area contributed by atoms with Gasteiger partial charge in [0.1, 0.15) is 17.6 Å². The van der Waals surface area contributed by atoms with E-state index in [4.69, 9.17) is 9.47 Å². The third kappa shape index (κ3) is 5.16. The first kappa shape index (κ1) is 19.5. The number of para-hydroxylation sites is 1. The molecule has 0 aliphatic carbocycles. The minimum absolute atomic E-state index is 0.0886. The first-order valence-corrected chi connectivity index (χ1v) is 9.31. The number of methoxy groups -OCH3 is 1. The highest BCUT2D eigenvalue weighted by molar-refractivity contribution is 5.94. The monoisotopic (exact) mass is 382 g/mol. The predicted molar refractivity (Wildman–Crippen MR) is 109 cm³/mol. The molecule has 148 valence electrons. The van der Waals surface area contributed by atoms with Gasteiger partial charge in [-0.1, -0.05) is 18.2 Å². The lowest BCUT2D eigenvalue weighted by Crippen LogP contribution is -2.44. The maximum absolute atomic E-state index is 12.1. The number of carbonyl (C=O) groups excluding carboxylic acids is 1. The van der Waals surface area contributed by atoms with Crippen LogP contribution < -0.4 is 25.4 Å². The Hall–Kier alpha value is -3.22. The summed E-state index contributed by atoms with van der Waals surface area (Å²) >= 11 is 0. The number of carbonyl (C=O) groups is 1. The minimum Gasteiger partial charge on any atom is -0.497 e. The van der Waals surface area contributed by atoms with E-state index in [1.165, 1.54) is 5.56 Å². The van der Waals surface area contributed by atoms with Gasteiger partial charge < -0.3 is 25.4 Å².